The van der Waals surface area contributed by atoms with Crippen molar-refractivity contribution in [3.05, 3.63) is 188 Å². The molecule has 0 saturated carbocycles. The number of hydrogen-bond acceptors (Lipinski definition) is 8. The predicted octanol–water partition coefficient (Wildman–Crippen LogP) is 8.12. The Morgan fingerprint density at radius 2 is 1.38 bits per heavy atom. The van der Waals surface area contributed by atoms with E-state index in [2.05, 4.69) is 41.1 Å². The second-order valence-corrected chi connectivity index (χ2v) is 15.2. The standard InChI is InChI=1S/C51H42N2O8/c1-58-39-23-19-37(20-24-39)51(36-12-4-3-5-13-36,38-21-25-40(59-2)26-22-38)60-31-45-44(55)29-46(61-45)53-30-35(49(56)52-50(53)57)9-6-7-14-43(54)41-27-17-34-16-15-32-10-8-11-33-18-28-42(41)48(34)47(32)33/h3-5,8,10-13,15-28,30,44-46,55H,7,14,29,31H2,1-2H3,(H,52,56,57)/t44-,45+,46+/m0/s1. The number of Topliss-reactive ketones (excluding diaryl/α,β-unsaturated/α-hetero) is 1. The largest absolute Gasteiger partial charge is 0.497 e. The summed E-state index contributed by atoms with van der Waals surface area (Å²) in [6.45, 7) is -0.0600. The summed E-state index contributed by atoms with van der Waals surface area (Å²) >= 11 is 0. The molecule has 1 aliphatic rings. The van der Waals surface area contributed by atoms with Crippen molar-refractivity contribution >= 4 is 38.1 Å². The Kier molecular flexibility index (Phi) is 10.7. The molecule has 1 aromatic heterocycles. The predicted molar refractivity (Wildman–Crippen MR) is 235 cm³/mol. The summed E-state index contributed by atoms with van der Waals surface area (Å²) in [6, 6.07) is 43.3. The molecule has 1 fully saturated rings. The topological polar surface area (TPSA) is 129 Å². The van der Waals surface area contributed by atoms with E-state index >= 15 is 0 Å². The van der Waals surface area contributed by atoms with Gasteiger partial charge in [-0.2, -0.15) is 0 Å². The number of nitrogens with zero attached hydrogens (tertiary/aromatic N) is 1. The molecule has 0 radical (unpaired) electrons. The normalized spacial score (nSPS) is 16.5. The van der Waals surface area contributed by atoms with Gasteiger partial charge in [-0.1, -0.05) is 121 Å². The second kappa shape index (κ2) is 16.6. The second-order valence-electron chi connectivity index (χ2n) is 15.2. The van der Waals surface area contributed by atoms with Crippen LogP contribution in [0, 0.1) is 11.8 Å². The van der Waals surface area contributed by atoms with Crippen molar-refractivity contribution < 1.29 is 28.8 Å². The Hall–Kier alpha value is -7.03. The number of carbonyl (C=O) groups excluding carboxylic acids is 1. The highest BCUT2D eigenvalue weighted by Crippen LogP contribution is 2.43. The van der Waals surface area contributed by atoms with Crippen LogP contribution < -0.4 is 20.7 Å². The van der Waals surface area contributed by atoms with Gasteiger partial charge in [-0.15, -0.1) is 0 Å². The summed E-state index contributed by atoms with van der Waals surface area (Å²) < 4.78 is 25.4. The van der Waals surface area contributed by atoms with Crippen LogP contribution in [0.5, 0.6) is 11.5 Å². The average Bonchev–Trinajstić information content (AvgIpc) is 3.67. The molecule has 10 heteroatoms. The Bertz CT molecular complexity index is 2990. The third-order valence-electron chi connectivity index (χ3n) is 11.6. The van der Waals surface area contributed by atoms with Gasteiger partial charge < -0.3 is 24.1 Å². The molecule has 0 bridgehead atoms. The summed E-state index contributed by atoms with van der Waals surface area (Å²) in [5.74, 6) is 7.13. The average molecular weight is 811 g/mol. The molecule has 61 heavy (non-hydrogen) atoms. The van der Waals surface area contributed by atoms with Gasteiger partial charge in [0.1, 0.15) is 35.0 Å². The van der Waals surface area contributed by atoms with Gasteiger partial charge in [0.15, 0.2) is 5.78 Å². The molecule has 0 spiro atoms. The molecule has 8 aromatic rings. The van der Waals surface area contributed by atoms with Gasteiger partial charge in [-0.3, -0.25) is 19.1 Å². The van der Waals surface area contributed by atoms with Crippen LogP contribution in [-0.2, 0) is 15.1 Å². The smallest absolute Gasteiger partial charge is 0.330 e. The fourth-order valence-electron chi connectivity index (χ4n) is 8.55. The highest BCUT2D eigenvalue weighted by atomic mass is 16.6. The molecular weight excluding hydrogens is 769 g/mol. The monoisotopic (exact) mass is 810 g/mol. The molecule has 1 saturated heterocycles. The number of ketones is 1. The van der Waals surface area contributed by atoms with E-state index in [1.54, 1.807) is 14.2 Å². The third kappa shape index (κ3) is 7.34. The highest BCUT2D eigenvalue weighted by molar-refractivity contribution is 6.26. The van der Waals surface area contributed by atoms with Crippen LogP contribution in [-0.4, -0.2) is 53.5 Å². The van der Waals surface area contributed by atoms with Crippen molar-refractivity contribution in [2.24, 2.45) is 0 Å². The van der Waals surface area contributed by atoms with Gasteiger partial charge in [0, 0.05) is 31.0 Å². The number of hydrogen-bond donors (Lipinski definition) is 2. The molecule has 0 unspecified atom stereocenters. The van der Waals surface area contributed by atoms with E-state index in [4.69, 9.17) is 18.9 Å². The minimum atomic E-state index is -1.15. The van der Waals surface area contributed by atoms with E-state index < -0.39 is 35.3 Å². The SMILES string of the molecule is COc1ccc(C(OC[C@H]2O[C@@H](n3cc(C#CCCC(=O)c4ccc5ccc6cccc7ccc4c5c67)c(=O)[nH]c3=O)C[C@@H]2O)(c2ccccc2)c2ccc(OC)cc2)cc1. The van der Waals surface area contributed by atoms with Gasteiger partial charge in [0.25, 0.3) is 5.56 Å². The van der Waals surface area contributed by atoms with Crippen LogP contribution in [0.1, 0.15) is 58.1 Å². The molecule has 3 atom stereocenters. The molecular formula is C51H42N2O8. The summed E-state index contributed by atoms with van der Waals surface area (Å²) in [5, 5.41) is 17.8. The number of rotatable bonds is 12. The first-order chi connectivity index (χ1) is 29.8. The van der Waals surface area contributed by atoms with Gasteiger partial charge in [-0.05, 0) is 73.3 Å². The molecule has 2 heterocycles. The number of nitrogens with one attached hydrogen (secondary N) is 1. The highest BCUT2D eigenvalue weighted by Gasteiger charge is 2.42. The van der Waals surface area contributed by atoms with Crippen molar-refractivity contribution in [1.82, 2.24) is 9.55 Å². The Balaban J connectivity index is 0.940. The van der Waals surface area contributed by atoms with E-state index in [0.717, 1.165) is 49.0 Å². The lowest BCUT2D eigenvalue weighted by molar-refractivity contribution is -0.0944. The maximum atomic E-state index is 13.6. The van der Waals surface area contributed by atoms with Crippen molar-refractivity contribution in [3.63, 3.8) is 0 Å². The summed E-state index contributed by atoms with van der Waals surface area (Å²) in [7, 11) is 3.22. The molecule has 1 aliphatic heterocycles. The quantitative estimate of drug-likeness (QED) is 0.0548. The number of carbonyl (C=O) groups is 1. The van der Waals surface area contributed by atoms with Crippen molar-refractivity contribution in [1.29, 1.82) is 0 Å². The minimum Gasteiger partial charge on any atom is -0.497 e. The summed E-state index contributed by atoms with van der Waals surface area (Å²) in [4.78, 5) is 42.0. The van der Waals surface area contributed by atoms with E-state index in [-0.39, 0.29) is 37.2 Å². The Labute approximate surface area is 351 Å². The number of aliphatic hydroxyl groups is 1. The van der Waals surface area contributed by atoms with Gasteiger partial charge in [0.2, 0.25) is 0 Å². The fraction of sp³-hybridized carbons (Fsp3) is 0.196. The molecule has 2 N–H and O–H groups in total. The minimum absolute atomic E-state index is 0.0367. The molecule has 0 amide bonds. The van der Waals surface area contributed by atoms with Crippen LogP contribution in [0.4, 0.5) is 0 Å². The first-order valence-corrected chi connectivity index (χ1v) is 20.1. The first kappa shape index (κ1) is 39.4. The Morgan fingerprint density at radius 1 is 0.770 bits per heavy atom. The lowest BCUT2D eigenvalue weighted by atomic mass is 9.80. The van der Waals surface area contributed by atoms with Crippen molar-refractivity contribution in [2.75, 3.05) is 20.8 Å². The zero-order valence-electron chi connectivity index (χ0n) is 33.6. The molecule has 304 valence electrons. The number of H-pyrrole nitrogens is 1. The third-order valence-corrected chi connectivity index (χ3v) is 11.6. The zero-order valence-corrected chi connectivity index (χ0v) is 33.6. The van der Waals surface area contributed by atoms with Gasteiger partial charge in [-0.25, -0.2) is 4.79 Å². The summed E-state index contributed by atoms with van der Waals surface area (Å²) in [6.07, 6.45) is -1.02. The van der Waals surface area contributed by atoms with E-state index in [1.165, 1.54) is 10.8 Å². The van der Waals surface area contributed by atoms with E-state index in [0.29, 0.717) is 17.1 Å². The number of aromatic nitrogens is 2. The lowest BCUT2D eigenvalue weighted by Crippen LogP contribution is -2.38. The molecule has 9 rings (SSSR count). The van der Waals surface area contributed by atoms with Crippen LogP contribution in [0.2, 0.25) is 0 Å². The van der Waals surface area contributed by atoms with E-state index in [1.807, 2.05) is 109 Å². The van der Waals surface area contributed by atoms with Crippen LogP contribution in [0.3, 0.4) is 0 Å². The molecule has 0 aliphatic carbocycles. The van der Waals surface area contributed by atoms with Crippen molar-refractivity contribution in [2.45, 2.75) is 43.3 Å². The first-order valence-electron chi connectivity index (χ1n) is 20.1. The van der Waals surface area contributed by atoms with Crippen molar-refractivity contribution in [3.8, 4) is 23.3 Å². The van der Waals surface area contributed by atoms with Crippen LogP contribution >= 0.6 is 0 Å². The fourth-order valence-corrected chi connectivity index (χ4v) is 8.55. The van der Waals surface area contributed by atoms with Gasteiger partial charge >= 0.3 is 5.69 Å². The van der Waals surface area contributed by atoms with Crippen LogP contribution in [0.15, 0.2) is 149 Å². The lowest BCUT2D eigenvalue weighted by Gasteiger charge is -2.37. The number of ether oxygens (including phenoxy) is 4. The maximum absolute atomic E-state index is 13.6. The molecule has 7 aromatic carbocycles. The number of aromatic amines is 1. The molecule has 10 nitrogen and oxygen atoms in total. The Morgan fingerprint density at radius 3 is 2.03 bits per heavy atom. The number of benzene rings is 7. The number of aliphatic hydroxyl groups excluding tert-OH is 1. The maximum Gasteiger partial charge on any atom is 0.330 e. The zero-order chi connectivity index (χ0) is 42.1. The van der Waals surface area contributed by atoms with Gasteiger partial charge in [0.05, 0.1) is 26.9 Å². The summed E-state index contributed by atoms with van der Waals surface area (Å²) in [5.41, 5.74) is 0.619. The number of methoxy groups -OCH3 is 2. The van der Waals surface area contributed by atoms with Crippen LogP contribution in [0.25, 0.3) is 32.3 Å². The van der Waals surface area contributed by atoms with E-state index in [9.17, 15) is 19.5 Å².